The van der Waals surface area contributed by atoms with Crippen molar-refractivity contribution in [2.24, 2.45) is 5.92 Å². The minimum Gasteiger partial charge on any atom is -0.493 e. The van der Waals surface area contributed by atoms with Crippen LogP contribution in [0.5, 0.6) is 11.5 Å². The Balaban J connectivity index is 1.98. The molecule has 2 amide bonds. The molecule has 0 saturated carbocycles. The lowest BCUT2D eigenvalue weighted by atomic mass is 10.0. The molecule has 0 bridgehead atoms. The number of rotatable bonds is 6. The van der Waals surface area contributed by atoms with E-state index >= 15 is 0 Å². The number of halogens is 1. The number of fused-ring (bicyclic) bond motifs is 1. The molecule has 1 aliphatic heterocycles. The van der Waals surface area contributed by atoms with Crippen molar-refractivity contribution in [3.8, 4) is 11.5 Å². The van der Waals surface area contributed by atoms with Gasteiger partial charge in [-0.1, -0.05) is 26.0 Å². The van der Waals surface area contributed by atoms with Crippen LogP contribution in [0.3, 0.4) is 0 Å². The first-order valence-electron chi connectivity index (χ1n) is 9.40. The van der Waals surface area contributed by atoms with E-state index in [0.717, 1.165) is 11.0 Å². The van der Waals surface area contributed by atoms with Crippen molar-refractivity contribution in [3.63, 3.8) is 0 Å². The largest absolute Gasteiger partial charge is 0.493 e. The van der Waals surface area contributed by atoms with Crippen molar-refractivity contribution in [3.05, 3.63) is 59.4 Å². The zero-order chi connectivity index (χ0) is 21.1. The van der Waals surface area contributed by atoms with Gasteiger partial charge in [-0.3, -0.25) is 19.3 Å². The molecule has 29 heavy (non-hydrogen) atoms. The number of benzene rings is 2. The molecule has 7 heteroatoms. The zero-order valence-electron chi connectivity index (χ0n) is 16.5. The second-order valence-electron chi connectivity index (χ2n) is 7.00. The van der Waals surface area contributed by atoms with Gasteiger partial charge in [-0.2, -0.15) is 0 Å². The summed E-state index contributed by atoms with van der Waals surface area (Å²) in [6.45, 7) is 5.06. The fourth-order valence-electron chi connectivity index (χ4n) is 3.13. The molecule has 0 saturated heterocycles. The predicted molar refractivity (Wildman–Crippen MR) is 104 cm³/mol. The maximum absolute atomic E-state index is 13.7. The van der Waals surface area contributed by atoms with Gasteiger partial charge in [-0.25, -0.2) is 4.39 Å². The van der Waals surface area contributed by atoms with Gasteiger partial charge in [0.2, 0.25) is 0 Å². The molecular weight excluding hydrogens is 377 g/mol. The summed E-state index contributed by atoms with van der Waals surface area (Å²) in [4.78, 5) is 39.9. The minimum atomic E-state index is -0.922. The molecule has 3 rings (SSSR count). The number of Topliss-reactive ketones (excluding diaryl/α,β-unsaturated/α-hetero) is 1. The molecule has 1 aliphatic rings. The van der Waals surface area contributed by atoms with E-state index in [-0.39, 0.29) is 29.4 Å². The van der Waals surface area contributed by atoms with Crippen LogP contribution in [0.2, 0.25) is 0 Å². The van der Waals surface area contributed by atoms with Gasteiger partial charge in [0.25, 0.3) is 11.8 Å². The monoisotopic (exact) mass is 399 g/mol. The summed E-state index contributed by atoms with van der Waals surface area (Å²) in [6, 6.07) is 10.1. The second kappa shape index (κ2) is 8.43. The Bertz CT molecular complexity index is 956. The first-order chi connectivity index (χ1) is 13.8. The second-order valence-corrected chi connectivity index (χ2v) is 7.00. The van der Waals surface area contributed by atoms with Crippen LogP contribution >= 0.6 is 0 Å². The molecule has 0 radical (unpaired) electrons. The summed E-state index contributed by atoms with van der Waals surface area (Å²) in [6.07, 6.45) is -0.922. The molecule has 0 aromatic heterocycles. The van der Waals surface area contributed by atoms with Crippen molar-refractivity contribution in [1.82, 2.24) is 4.90 Å². The molecule has 1 atom stereocenters. The van der Waals surface area contributed by atoms with Gasteiger partial charge in [-0.05, 0) is 43.2 Å². The predicted octanol–water partition coefficient (Wildman–Crippen LogP) is 3.49. The van der Waals surface area contributed by atoms with Crippen molar-refractivity contribution < 1.29 is 28.2 Å². The Morgan fingerprint density at radius 2 is 1.93 bits per heavy atom. The lowest BCUT2D eigenvalue weighted by Crippen LogP contribution is -2.47. The summed E-state index contributed by atoms with van der Waals surface area (Å²) in [5.41, 5.74) is 0.174. The van der Waals surface area contributed by atoms with Crippen molar-refractivity contribution in [1.29, 1.82) is 0 Å². The molecular formula is C22H22FNO5. The molecule has 0 unspecified atom stereocenters. The SMILES string of the molecule is CCOc1ccc(F)cc1C(=O)CN1C(=O)c2ccccc2O[C@@H](C(C)C)C1=O. The summed E-state index contributed by atoms with van der Waals surface area (Å²) < 4.78 is 24.9. The van der Waals surface area contributed by atoms with Gasteiger partial charge in [0, 0.05) is 0 Å². The number of carbonyl (C=O) groups is 3. The number of ketones is 1. The van der Waals surface area contributed by atoms with Crippen LogP contribution in [0.15, 0.2) is 42.5 Å². The summed E-state index contributed by atoms with van der Waals surface area (Å²) in [5.74, 6) is -2.19. The third-order valence-electron chi connectivity index (χ3n) is 4.58. The summed E-state index contributed by atoms with van der Waals surface area (Å²) in [7, 11) is 0. The van der Waals surface area contributed by atoms with Crippen LogP contribution in [-0.4, -0.2) is 41.8 Å². The highest BCUT2D eigenvalue weighted by Crippen LogP contribution is 2.29. The number of amides is 2. The Hall–Kier alpha value is -3.22. The molecule has 6 nitrogen and oxygen atoms in total. The Labute approximate surface area is 168 Å². The van der Waals surface area contributed by atoms with E-state index in [4.69, 9.17) is 9.47 Å². The van der Waals surface area contributed by atoms with Gasteiger partial charge in [0.15, 0.2) is 11.9 Å². The molecule has 0 N–H and O–H groups in total. The highest BCUT2D eigenvalue weighted by atomic mass is 19.1. The Kier molecular flexibility index (Phi) is 5.96. The van der Waals surface area contributed by atoms with Crippen molar-refractivity contribution in [2.45, 2.75) is 26.9 Å². The first-order valence-corrected chi connectivity index (χ1v) is 9.40. The van der Waals surface area contributed by atoms with Crippen LogP contribution in [0, 0.1) is 11.7 Å². The average molecular weight is 399 g/mol. The number of ether oxygens (including phenoxy) is 2. The van der Waals surface area contributed by atoms with Crippen LogP contribution in [0.25, 0.3) is 0 Å². The number of imide groups is 1. The quantitative estimate of drug-likeness (QED) is 0.549. The van der Waals surface area contributed by atoms with E-state index in [1.807, 2.05) is 0 Å². The van der Waals surface area contributed by atoms with Gasteiger partial charge in [0.1, 0.15) is 17.3 Å². The van der Waals surface area contributed by atoms with E-state index in [9.17, 15) is 18.8 Å². The van der Waals surface area contributed by atoms with E-state index in [1.54, 1.807) is 45.0 Å². The minimum absolute atomic E-state index is 0.0213. The lowest BCUT2D eigenvalue weighted by Gasteiger charge is -2.24. The molecule has 0 fully saturated rings. The molecule has 0 spiro atoms. The van der Waals surface area contributed by atoms with Crippen LogP contribution in [0.4, 0.5) is 4.39 Å². The topological polar surface area (TPSA) is 72.9 Å². The maximum Gasteiger partial charge on any atom is 0.271 e. The highest BCUT2D eigenvalue weighted by Gasteiger charge is 2.39. The smallest absolute Gasteiger partial charge is 0.271 e. The Morgan fingerprint density at radius 1 is 1.21 bits per heavy atom. The third-order valence-corrected chi connectivity index (χ3v) is 4.58. The summed E-state index contributed by atoms with van der Waals surface area (Å²) in [5, 5.41) is 0. The molecule has 152 valence electrons. The van der Waals surface area contributed by atoms with Gasteiger partial charge in [0.05, 0.1) is 24.3 Å². The standard InChI is InChI=1S/C22H22FNO5/c1-4-28-18-10-9-14(23)11-16(18)17(25)12-24-21(26)15-7-5-6-8-19(15)29-20(13(2)3)22(24)27/h5-11,13,20H,4,12H2,1-3H3/t20-/m0/s1. The van der Waals surface area contributed by atoms with Gasteiger partial charge < -0.3 is 9.47 Å². The zero-order valence-corrected chi connectivity index (χ0v) is 16.5. The van der Waals surface area contributed by atoms with Crippen LogP contribution < -0.4 is 9.47 Å². The molecule has 2 aromatic rings. The first kappa shape index (κ1) is 20.5. The van der Waals surface area contributed by atoms with E-state index in [2.05, 4.69) is 0 Å². The number of hydrogen-bond donors (Lipinski definition) is 0. The normalized spacial score (nSPS) is 16.3. The van der Waals surface area contributed by atoms with Crippen molar-refractivity contribution in [2.75, 3.05) is 13.2 Å². The fourth-order valence-corrected chi connectivity index (χ4v) is 3.13. The number of para-hydroxylation sites is 1. The van der Waals surface area contributed by atoms with E-state index < -0.39 is 36.1 Å². The van der Waals surface area contributed by atoms with E-state index in [1.165, 1.54) is 12.1 Å². The Morgan fingerprint density at radius 3 is 2.62 bits per heavy atom. The number of nitrogens with zero attached hydrogens (tertiary/aromatic N) is 1. The van der Waals surface area contributed by atoms with E-state index in [0.29, 0.717) is 5.75 Å². The lowest BCUT2D eigenvalue weighted by molar-refractivity contribution is -0.136. The highest BCUT2D eigenvalue weighted by molar-refractivity contribution is 6.12. The molecule has 1 heterocycles. The average Bonchev–Trinajstić information content (AvgIpc) is 2.80. The summed E-state index contributed by atoms with van der Waals surface area (Å²) >= 11 is 0. The van der Waals surface area contributed by atoms with Gasteiger partial charge >= 0.3 is 0 Å². The molecule has 2 aromatic carbocycles. The molecule has 0 aliphatic carbocycles. The van der Waals surface area contributed by atoms with Crippen LogP contribution in [-0.2, 0) is 4.79 Å². The fraction of sp³-hybridized carbons (Fsp3) is 0.318. The van der Waals surface area contributed by atoms with Crippen molar-refractivity contribution >= 4 is 17.6 Å². The number of hydrogen-bond acceptors (Lipinski definition) is 5. The van der Waals surface area contributed by atoms with Crippen LogP contribution in [0.1, 0.15) is 41.5 Å². The van der Waals surface area contributed by atoms with Gasteiger partial charge in [-0.15, -0.1) is 0 Å². The third kappa shape index (κ3) is 4.13. The number of carbonyl (C=O) groups excluding carboxylic acids is 3. The maximum atomic E-state index is 13.7.